The van der Waals surface area contributed by atoms with Crippen molar-refractivity contribution in [3.63, 3.8) is 0 Å². The highest BCUT2D eigenvalue weighted by Gasteiger charge is 2.37. The van der Waals surface area contributed by atoms with E-state index in [2.05, 4.69) is 5.32 Å². The lowest BCUT2D eigenvalue weighted by Gasteiger charge is -2.38. The number of hydrogen-bond donors (Lipinski definition) is 1. The van der Waals surface area contributed by atoms with Crippen LogP contribution < -0.4 is 5.32 Å². The fraction of sp³-hybridized carbons (Fsp3) is 0.833. The fourth-order valence-electron chi connectivity index (χ4n) is 2.77. The second-order valence-corrected chi connectivity index (χ2v) is 7.30. The Morgan fingerprint density at radius 1 is 1.31 bits per heavy atom. The number of ether oxygens (including phenoxy) is 2. The largest absolute Gasteiger partial charge is 0.450 e. The van der Waals surface area contributed by atoms with E-state index in [-0.39, 0.29) is 24.3 Å². The minimum absolute atomic E-state index is 0.0450. The van der Waals surface area contributed by atoms with Gasteiger partial charge in [-0.05, 0) is 34.4 Å². The molecule has 26 heavy (non-hydrogen) atoms. The summed E-state index contributed by atoms with van der Waals surface area (Å²) in [6.45, 7) is 7.61. The number of nitrogens with zero attached hydrogens (tertiary/aromatic N) is 2. The van der Waals surface area contributed by atoms with E-state index < -0.39 is 11.6 Å². The SMILES string of the molecule is CCC(=O)NCCCC(=O)OC(C)(C)C(=O)N1CCOC(CN(C)C)C1. The Bertz CT molecular complexity index is 493. The van der Waals surface area contributed by atoms with Gasteiger partial charge in [-0.1, -0.05) is 6.92 Å². The molecule has 1 rings (SSSR count). The molecule has 0 aromatic heterocycles. The maximum absolute atomic E-state index is 12.8. The molecule has 0 saturated carbocycles. The maximum Gasteiger partial charge on any atom is 0.306 e. The summed E-state index contributed by atoms with van der Waals surface area (Å²) in [5.41, 5.74) is -1.22. The Labute approximate surface area is 156 Å². The average Bonchev–Trinajstić information content (AvgIpc) is 2.57. The van der Waals surface area contributed by atoms with Gasteiger partial charge >= 0.3 is 5.97 Å². The topological polar surface area (TPSA) is 88.2 Å². The maximum atomic E-state index is 12.8. The van der Waals surface area contributed by atoms with E-state index in [1.807, 2.05) is 19.0 Å². The van der Waals surface area contributed by atoms with Gasteiger partial charge in [0.05, 0.1) is 12.7 Å². The molecule has 0 bridgehead atoms. The first-order valence-electron chi connectivity index (χ1n) is 9.20. The van der Waals surface area contributed by atoms with Crippen molar-refractivity contribution in [1.29, 1.82) is 0 Å². The zero-order chi connectivity index (χ0) is 19.7. The first-order valence-corrected chi connectivity index (χ1v) is 9.20. The third kappa shape index (κ3) is 7.70. The van der Waals surface area contributed by atoms with Gasteiger partial charge in [0.15, 0.2) is 5.60 Å². The van der Waals surface area contributed by atoms with E-state index >= 15 is 0 Å². The minimum atomic E-state index is -1.22. The van der Waals surface area contributed by atoms with Crippen LogP contribution >= 0.6 is 0 Å². The van der Waals surface area contributed by atoms with E-state index in [9.17, 15) is 14.4 Å². The van der Waals surface area contributed by atoms with E-state index in [4.69, 9.17) is 9.47 Å². The van der Waals surface area contributed by atoms with Gasteiger partial charge < -0.3 is 24.6 Å². The molecular formula is C18H33N3O5. The van der Waals surface area contributed by atoms with Crippen LogP contribution in [0.15, 0.2) is 0 Å². The molecule has 0 aromatic rings. The minimum Gasteiger partial charge on any atom is -0.450 e. The smallest absolute Gasteiger partial charge is 0.306 e. The Kier molecular flexibility index (Phi) is 9.01. The summed E-state index contributed by atoms with van der Waals surface area (Å²) < 4.78 is 11.1. The summed E-state index contributed by atoms with van der Waals surface area (Å²) in [4.78, 5) is 39.7. The standard InChI is InChI=1S/C18H33N3O5/c1-6-15(22)19-9-7-8-16(23)26-18(2,3)17(24)21-10-11-25-14(13-21)12-20(4)5/h14H,6-13H2,1-5H3,(H,19,22). The molecule has 150 valence electrons. The van der Waals surface area contributed by atoms with Crippen molar-refractivity contribution >= 4 is 17.8 Å². The average molecular weight is 371 g/mol. The Morgan fingerprint density at radius 3 is 2.62 bits per heavy atom. The van der Waals surface area contributed by atoms with Gasteiger partial charge in [-0.2, -0.15) is 0 Å². The number of carbonyl (C=O) groups is 3. The fourth-order valence-corrected chi connectivity index (χ4v) is 2.77. The van der Waals surface area contributed by atoms with E-state index in [1.165, 1.54) is 0 Å². The van der Waals surface area contributed by atoms with Crippen molar-refractivity contribution in [2.75, 3.05) is 46.9 Å². The van der Waals surface area contributed by atoms with Gasteiger partial charge in [0.2, 0.25) is 5.91 Å². The second kappa shape index (κ2) is 10.5. The second-order valence-electron chi connectivity index (χ2n) is 7.30. The van der Waals surface area contributed by atoms with Crippen molar-refractivity contribution < 1.29 is 23.9 Å². The molecule has 1 aliphatic rings. The van der Waals surface area contributed by atoms with Gasteiger partial charge in [0.1, 0.15) is 0 Å². The predicted octanol–water partition coefficient (Wildman–Crippen LogP) is 0.404. The molecule has 0 spiro atoms. The third-order valence-corrected chi connectivity index (χ3v) is 4.08. The highest BCUT2D eigenvalue weighted by Crippen LogP contribution is 2.18. The van der Waals surface area contributed by atoms with E-state index in [1.54, 1.807) is 25.7 Å². The quantitative estimate of drug-likeness (QED) is 0.466. The lowest BCUT2D eigenvalue weighted by molar-refractivity contribution is -0.174. The molecule has 1 saturated heterocycles. The number of rotatable bonds is 9. The van der Waals surface area contributed by atoms with Crippen molar-refractivity contribution in [2.24, 2.45) is 0 Å². The number of hydrogen-bond acceptors (Lipinski definition) is 6. The van der Waals surface area contributed by atoms with Crippen molar-refractivity contribution in [1.82, 2.24) is 15.1 Å². The highest BCUT2D eigenvalue weighted by molar-refractivity contribution is 5.87. The van der Waals surface area contributed by atoms with Crippen LogP contribution in [-0.2, 0) is 23.9 Å². The predicted molar refractivity (Wildman–Crippen MR) is 97.6 cm³/mol. The Hall–Kier alpha value is -1.67. The molecule has 1 unspecified atom stereocenters. The van der Waals surface area contributed by atoms with Gasteiger partial charge in [0.25, 0.3) is 5.91 Å². The first kappa shape index (κ1) is 22.4. The van der Waals surface area contributed by atoms with Crippen molar-refractivity contribution in [3.8, 4) is 0 Å². The van der Waals surface area contributed by atoms with Crippen LogP contribution in [0.3, 0.4) is 0 Å². The molecule has 8 nitrogen and oxygen atoms in total. The first-order chi connectivity index (χ1) is 12.2. The van der Waals surface area contributed by atoms with E-state index in [0.29, 0.717) is 39.1 Å². The summed E-state index contributed by atoms with van der Waals surface area (Å²) in [6, 6.07) is 0. The van der Waals surface area contributed by atoms with Crippen LogP contribution in [0.4, 0.5) is 0 Å². The summed E-state index contributed by atoms with van der Waals surface area (Å²) >= 11 is 0. The van der Waals surface area contributed by atoms with Crippen molar-refractivity contribution in [3.05, 3.63) is 0 Å². The molecule has 1 heterocycles. The number of carbonyl (C=O) groups excluding carboxylic acids is 3. The van der Waals surface area contributed by atoms with Crippen LogP contribution in [0.25, 0.3) is 0 Å². The molecular weight excluding hydrogens is 338 g/mol. The number of morpholine rings is 1. The Morgan fingerprint density at radius 2 is 2.00 bits per heavy atom. The van der Waals surface area contributed by atoms with Crippen LogP contribution in [0.2, 0.25) is 0 Å². The number of amides is 2. The molecule has 0 aliphatic carbocycles. The Balaban J connectivity index is 2.45. The third-order valence-electron chi connectivity index (χ3n) is 4.08. The summed E-state index contributed by atoms with van der Waals surface area (Å²) in [5.74, 6) is -0.696. The monoisotopic (exact) mass is 371 g/mol. The number of likely N-dealkylation sites (N-methyl/N-ethyl adjacent to an activating group) is 1. The zero-order valence-corrected chi connectivity index (χ0v) is 16.7. The van der Waals surface area contributed by atoms with Crippen LogP contribution in [0, 0.1) is 0 Å². The van der Waals surface area contributed by atoms with Crippen LogP contribution in [-0.4, -0.2) is 86.2 Å². The van der Waals surface area contributed by atoms with Gasteiger partial charge in [-0.25, -0.2) is 0 Å². The van der Waals surface area contributed by atoms with Crippen LogP contribution in [0.1, 0.15) is 40.0 Å². The molecule has 8 heteroatoms. The lowest BCUT2D eigenvalue weighted by atomic mass is 10.1. The summed E-state index contributed by atoms with van der Waals surface area (Å²) in [6.07, 6.45) is 1.02. The molecule has 1 aliphatic heterocycles. The zero-order valence-electron chi connectivity index (χ0n) is 16.7. The molecule has 1 N–H and O–H groups in total. The molecule has 0 aromatic carbocycles. The van der Waals surface area contributed by atoms with Crippen molar-refractivity contribution in [2.45, 2.75) is 51.7 Å². The summed E-state index contributed by atoms with van der Waals surface area (Å²) in [7, 11) is 3.91. The van der Waals surface area contributed by atoms with Gasteiger partial charge in [-0.15, -0.1) is 0 Å². The number of esters is 1. The highest BCUT2D eigenvalue weighted by atomic mass is 16.6. The molecule has 0 radical (unpaired) electrons. The van der Waals surface area contributed by atoms with Gasteiger partial charge in [0, 0.05) is 39.0 Å². The van der Waals surface area contributed by atoms with Gasteiger partial charge in [-0.3, -0.25) is 14.4 Å². The molecule has 1 atom stereocenters. The summed E-state index contributed by atoms with van der Waals surface area (Å²) in [5, 5.41) is 2.71. The van der Waals surface area contributed by atoms with Crippen LogP contribution in [0.5, 0.6) is 0 Å². The number of nitrogens with one attached hydrogen (secondary N) is 1. The molecule has 1 fully saturated rings. The normalized spacial score (nSPS) is 17.9. The van der Waals surface area contributed by atoms with E-state index in [0.717, 1.165) is 6.54 Å². The lowest BCUT2D eigenvalue weighted by Crippen LogP contribution is -2.55. The molecule has 2 amide bonds.